The first kappa shape index (κ1) is 21.1. The van der Waals surface area contributed by atoms with Crippen LogP contribution in [0.3, 0.4) is 0 Å². The Morgan fingerprint density at radius 1 is 1.04 bits per heavy atom. The van der Waals surface area contributed by atoms with Gasteiger partial charge in [-0.3, -0.25) is 4.79 Å². The van der Waals surface area contributed by atoms with E-state index in [9.17, 15) is 13.2 Å². The minimum Gasteiger partial charge on any atom is -0.308 e. The second-order valence-electron chi connectivity index (χ2n) is 6.60. The van der Waals surface area contributed by atoms with Crippen LogP contribution >= 0.6 is 0 Å². The van der Waals surface area contributed by atoms with Crippen molar-refractivity contribution in [2.75, 3.05) is 11.4 Å². The highest BCUT2D eigenvalue weighted by molar-refractivity contribution is 7.89. The first-order valence-electron chi connectivity index (χ1n) is 9.38. The number of rotatable bonds is 9. The molecule has 1 amide bonds. The number of amides is 1. The zero-order chi connectivity index (χ0) is 19.9. The lowest BCUT2D eigenvalue weighted by atomic mass is 10.1. The molecule has 27 heavy (non-hydrogen) atoms. The van der Waals surface area contributed by atoms with Crippen molar-refractivity contribution in [3.05, 3.63) is 60.2 Å². The fraction of sp³-hybridized carbons (Fsp3) is 0.381. The van der Waals surface area contributed by atoms with Crippen LogP contribution in [0.4, 0.5) is 5.69 Å². The SMILES string of the molecule is CCCCN(C(=O)c1ccc(S(=O)(=O)NC(C)CC)cc1)c1ccccc1. The van der Waals surface area contributed by atoms with Gasteiger partial charge in [0.15, 0.2) is 0 Å². The smallest absolute Gasteiger partial charge is 0.258 e. The Labute approximate surface area is 162 Å². The molecule has 0 bridgehead atoms. The van der Waals surface area contributed by atoms with Gasteiger partial charge in [0.25, 0.3) is 5.91 Å². The largest absolute Gasteiger partial charge is 0.308 e. The van der Waals surface area contributed by atoms with Crippen LogP contribution in [-0.2, 0) is 10.0 Å². The van der Waals surface area contributed by atoms with Gasteiger partial charge in [-0.2, -0.15) is 0 Å². The molecule has 0 fully saturated rings. The minimum absolute atomic E-state index is 0.131. The van der Waals surface area contributed by atoms with Crippen molar-refractivity contribution in [2.45, 2.75) is 51.0 Å². The molecule has 2 aromatic rings. The van der Waals surface area contributed by atoms with E-state index in [0.717, 1.165) is 18.5 Å². The topological polar surface area (TPSA) is 66.5 Å². The number of carbonyl (C=O) groups excluding carboxylic acids is 1. The molecule has 2 rings (SSSR count). The summed E-state index contributed by atoms with van der Waals surface area (Å²) < 4.78 is 27.4. The number of hydrogen-bond donors (Lipinski definition) is 1. The van der Waals surface area contributed by atoms with Gasteiger partial charge in [-0.15, -0.1) is 0 Å². The van der Waals surface area contributed by atoms with Crippen molar-refractivity contribution in [1.82, 2.24) is 4.72 Å². The summed E-state index contributed by atoms with van der Waals surface area (Å²) in [6.45, 7) is 6.44. The molecule has 6 heteroatoms. The summed E-state index contributed by atoms with van der Waals surface area (Å²) >= 11 is 0. The van der Waals surface area contributed by atoms with E-state index in [2.05, 4.69) is 11.6 Å². The Kier molecular flexibility index (Phi) is 7.56. The number of para-hydroxylation sites is 1. The van der Waals surface area contributed by atoms with Crippen LogP contribution in [-0.4, -0.2) is 26.9 Å². The zero-order valence-corrected chi connectivity index (χ0v) is 17.0. The van der Waals surface area contributed by atoms with Crippen LogP contribution in [0.15, 0.2) is 59.5 Å². The summed E-state index contributed by atoms with van der Waals surface area (Å²) in [6, 6.07) is 15.5. The normalized spacial score (nSPS) is 12.6. The van der Waals surface area contributed by atoms with Gasteiger partial charge in [0, 0.05) is 23.8 Å². The van der Waals surface area contributed by atoms with Crippen molar-refractivity contribution in [2.24, 2.45) is 0 Å². The number of unbranched alkanes of at least 4 members (excludes halogenated alkanes) is 1. The fourth-order valence-electron chi connectivity index (χ4n) is 2.62. The highest BCUT2D eigenvalue weighted by atomic mass is 32.2. The van der Waals surface area contributed by atoms with Crippen molar-refractivity contribution < 1.29 is 13.2 Å². The van der Waals surface area contributed by atoms with Crippen LogP contribution in [0.5, 0.6) is 0 Å². The summed E-state index contributed by atoms with van der Waals surface area (Å²) in [5, 5.41) is 0. The van der Waals surface area contributed by atoms with E-state index in [-0.39, 0.29) is 16.8 Å². The number of nitrogens with zero attached hydrogens (tertiary/aromatic N) is 1. The summed E-state index contributed by atoms with van der Waals surface area (Å²) in [6.07, 6.45) is 2.58. The van der Waals surface area contributed by atoms with Crippen molar-refractivity contribution >= 4 is 21.6 Å². The molecule has 0 aliphatic rings. The number of sulfonamides is 1. The monoisotopic (exact) mass is 388 g/mol. The Morgan fingerprint density at radius 2 is 1.67 bits per heavy atom. The molecule has 1 unspecified atom stereocenters. The van der Waals surface area contributed by atoms with E-state index in [0.29, 0.717) is 18.5 Å². The predicted molar refractivity (Wildman–Crippen MR) is 110 cm³/mol. The van der Waals surface area contributed by atoms with E-state index in [1.54, 1.807) is 17.0 Å². The second-order valence-corrected chi connectivity index (χ2v) is 8.31. The third kappa shape index (κ3) is 5.65. The number of nitrogens with one attached hydrogen (secondary N) is 1. The molecular weight excluding hydrogens is 360 g/mol. The average Bonchev–Trinajstić information content (AvgIpc) is 2.68. The number of hydrogen-bond acceptors (Lipinski definition) is 3. The van der Waals surface area contributed by atoms with E-state index < -0.39 is 10.0 Å². The maximum absolute atomic E-state index is 13.0. The van der Waals surface area contributed by atoms with E-state index in [4.69, 9.17) is 0 Å². The van der Waals surface area contributed by atoms with Gasteiger partial charge in [-0.1, -0.05) is 38.5 Å². The summed E-state index contributed by atoms with van der Waals surface area (Å²) in [5.74, 6) is -0.131. The maximum atomic E-state index is 13.0. The zero-order valence-electron chi connectivity index (χ0n) is 16.2. The maximum Gasteiger partial charge on any atom is 0.258 e. The highest BCUT2D eigenvalue weighted by Crippen LogP contribution is 2.19. The molecule has 0 saturated carbocycles. The lowest BCUT2D eigenvalue weighted by molar-refractivity contribution is 0.0986. The minimum atomic E-state index is -3.58. The Bertz CT molecular complexity index is 833. The van der Waals surface area contributed by atoms with E-state index in [1.165, 1.54) is 12.1 Å². The van der Waals surface area contributed by atoms with Gasteiger partial charge in [-0.05, 0) is 56.2 Å². The van der Waals surface area contributed by atoms with Gasteiger partial charge >= 0.3 is 0 Å². The summed E-state index contributed by atoms with van der Waals surface area (Å²) in [7, 11) is -3.58. The molecule has 0 aliphatic carbocycles. The molecule has 0 aliphatic heterocycles. The second kappa shape index (κ2) is 9.67. The summed E-state index contributed by atoms with van der Waals surface area (Å²) in [5.41, 5.74) is 1.31. The van der Waals surface area contributed by atoms with Crippen LogP contribution in [0.2, 0.25) is 0 Å². The van der Waals surface area contributed by atoms with Crippen LogP contribution in [0.25, 0.3) is 0 Å². The Morgan fingerprint density at radius 3 is 2.22 bits per heavy atom. The first-order valence-corrected chi connectivity index (χ1v) is 10.9. The first-order chi connectivity index (χ1) is 12.9. The third-order valence-corrected chi connectivity index (χ3v) is 6.03. The molecule has 5 nitrogen and oxygen atoms in total. The predicted octanol–water partition coefficient (Wildman–Crippen LogP) is 4.21. The molecule has 0 aromatic heterocycles. The van der Waals surface area contributed by atoms with Gasteiger partial charge in [0.1, 0.15) is 0 Å². The molecule has 1 atom stereocenters. The van der Waals surface area contributed by atoms with Gasteiger partial charge in [0.05, 0.1) is 4.90 Å². The average molecular weight is 389 g/mol. The standard InChI is InChI=1S/C21H28N2O3S/c1-4-6-16-23(19-10-8-7-9-11-19)21(24)18-12-14-20(15-13-18)27(25,26)22-17(3)5-2/h7-15,17,22H,4-6,16H2,1-3H3. The molecule has 0 radical (unpaired) electrons. The highest BCUT2D eigenvalue weighted by Gasteiger charge is 2.20. The number of anilines is 1. The van der Waals surface area contributed by atoms with Crippen LogP contribution in [0, 0.1) is 0 Å². The van der Waals surface area contributed by atoms with Gasteiger partial charge in [0.2, 0.25) is 10.0 Å². The van der Waals surface area contributed by atoms with Crippen molar-refractivity contribution in [3.63, 3.8) is 0 Å². The van der Waals surface area contributed by atoms with E-state index >= 15 is 0 Å². The molecule has 2 aromatic carbocycles. The molecule has 0 heterocycles. The number of carbonyl (C=O) groups is 1. The summed E-state index contributed by atoms with van der Waals surface area (Å²) in [4.78, 5) is 14.9. The molecule has 1 N–H and O–H groups in total. The van der Waals surface area contributed by atoms with Crippen LogP contribution in [0.1, 0.15) is 50.4 Å². The van der Waals surface area contributed by atoms with Crippen LogP contribution < -0.4 is 9.62 Å². The lowest BCUT2D eigenvalue weighted by Crippen LogP contribution is -2.33. The number of benzene rings is 2. The Hall–Kier alpha value is -2.18. The Balaban J connectivity index is 2.24. The van der Waals surface area contributed by atoms with E-state index in [1.807, 2.05) is 44.2 Å². The molecule has 0 saturated heterocycles. The molecule has 146 valence electrons. The van der Waals surface area contributed by atoms with Gasteiger partial charge < -0.3 is 4.90 Å². The molecular formula is C21H28N2O3S. The van der Waals surface area contributed by atoms with Gasteiger partial charge in [-0.25, -0.2) is 13.1 Å². The van der Waals surface area contributed by atoms with Crippen molar-refractivity contribution in [3.8, 4) is 0 Å². The quantitative estimate of drug-likeness (QED) is 0.700. The molecule has 0 spiro atoms. The fourth-order valence-corrected chi connectivity index (χ4v) is 3.95. The lowest BCUT2D eigenvalue weighted by Gasteiger charge is -2.23. The third-order valence-electron chi connectivity index (χ3n) is 4.43. The van der Waals surface area contributed by atoms with Crippen molar-refractivity contribution in [1.29, 1.82) is 0 Å².